The van der Waals surface area contributed by atoms with Gasteiger partial charge in [0, 0.05) is 59.3 Å². The number of hydrogen-bond acceptors (Lipinski definition) is 4. The molecule has 0 bridgehead atoms. The van der Waals surface area contributed by atoms with Crippen LogP contribution in [-0.2, 0) is 24.9 Å². The molecule has 0 atom stereocenters. The van der Waals surface area contributed by atoms with Crippen LogP contribution in [0, 0.1) is 17.9 Å². The third kappa shape index (κ3) is 6.05. The molecular weight excluding hydrogens is 631 g/mol. The van der Waals surface area contributed by atoms with Gasteiger partial charge in [0.15, 0.2) is 5.78 Å². The molecule has 2 heterocycles. The number of carbonyl (C=O) groups is 1. The summed E-state index contributed by atoms with van der Waals surface area (Å²) in [5.41, 5.74) is 2.08. The molecule has 0 saturated carbocycles. The number of rotatable bonds is 4. The summed E-state index contributed by atoms with van der Waals surface area (Å²) in [4.78, 5) is 15.7. The maximum absolute atomic E-state index is 11.0. The number of hydrogen-bond donors (Lipinski definition) is 1. The SMILES string of the molecule is CC(C)C(=O)/C=C(\O)C(C)C.[Ir].[c-]1c(-c2nccc3c2sc2ccccc23)ccc2ccccc12. The second-order valence-electron chi connectivity index (χ2n) is 8.87. The Morgan fingerprint density at radius 1 is 0.914 bits per heavy atom. The molecule has 0 aliphatic rings. The van der Waals surface area contributed by atoms with Crippen molar-refractivity contribution in [2.24, 2.45) is 11.8 Å². The molecule has 1 radical (unpaired) electrons. The number of aromatic nitrogens is 1. The molecule has 3 nitrogen and oxygen atoms in total. The van der Waals surface area contributed by atoms with E-state index in [1.807, 2.05) is 33.9 Å². The molecular formula is C30H28IrNO2S-. The fourth-order valence-corrected chi connectivity index (χ4v) is 4.78. The topological polar surface area (TPSA) is 50.2 Å². The van der Waals surface area contributed by atoms with Crippen molar-refractivity contribution < 1.29 is 30.0 Å². The summed E-state index contributed by atoms with van der Waals surface area (Å²) in [7, 11) is 0. The number of benzene rings is 3. The number of carbonyl (C=O) groups excluding carboxylic acids is 1. The van der Waals surface area contributed by atoms with Gasteiger partial charge in [0.2, 0.25) is 0 Å². The molecule has 0 amide bonds. The fraction of sp³-hybridized carbons (Fsp3) is 0.200. The summed E-state index contributed by atoms with van der Waals surface area (Å²) in [6.45, 7) is 7.32. The number of aliphatic hydroxyl groups is 1. The zero-order chi connectivity index (χ0) is 24.2. The minimum atomic E-state index is -0.0316. The van der Waals surface area contributed by atoms with Crippen LogP contribution in [0.3, 0.4) is 0 Å². The predicted molar refractivity (Wildman–Crippen MR) is 144 cm³/mol. The van der Waals surface area contributed by atoms with E-state index >= 15 is 0 Å². The molecule has 35 heavy (non-hydrogen) atoms. The molecule has 0 spiro atoms. The summed E-state index contributed by atoms with van der Waals surface area (Å²) < 4.78 is 2.54. The van der Waals surface area contributed by atoms with Crippen molar-refractivity contribution in [1.29, 1.82) is 0 Å². The van der Waals surface area contributed by atoms with Gasteiger partial charge in [-0.3, -0.25) is 9.78 Å². The predicted octanol–water partition coefficient (Wildman–Crippen LogP) is 8.38. The van der Waals surface area contributed by atoms with E-state index < -0.39 is 0 Å². The second kappa shape index (κ2) is 11.7. The largest absolute Gasteiger partial charge is 0.512 e. The Kier molecular flexibility index (Phi) is 8.96. The molecule has 5 aromatic rings. The Morgan fingerprint density at radius 3 is 2.37 bits per heavy atom. The summed E-state index contributed by atoms with van der Waals surface area (Å²) in [6.07, 6.45) is 3.22. The molecule has 0 saturated heterocycles. The van der Waals surface area contributed by atoms with Crippen LogP contribution in [0.25, 0.3) is 42.2 Å². The number of aliphatic hydroxyl groups excluding tert-OH is 1. The number of fused-ring (bicyclic) bond motifs is 4. The van der Waals surface area contributed by atoms with E-state index in [0.717, 1.165) is 16.6 Å². The third-order valence-electron chi connectivity index (χ3n) is 5.66. The van der Waals surface area contributed by atoms with E-state index in [0.29, 0.717) is 0 Å². The van der Waals surface area contributed by atoms with Gasteiger partial charge >= 0.3 is 0 Å². The first-order valence-corrected chi connectivity index (χ1v) is 12.3. The van der Waals surface area contributed by atoms with Gasteiger partial charge in [0.05, 0.1) is 5.76 Å². The number of nitrogens with zero attached hydrogens (tertiary/aromatic N) is 1. The van der Waals surface area contributed by atoms with E-state index in [1.165, 1.54) is 31.6 Å². The van der Waals surface area contributed by atoms with E-state index in [9.17, 15) is 9.90 Å². The van der Waals surface area contributed by atoms with Crippen molar-refractivity contribution in [3.63, 3.8) is 0 Å². The zero-order valence-corrected chi connectivity index (χ0v) is 23.4. The number of allylic oxidation sites excluding steroid dienone is 2. The Balaban J connectivity index is 0.000000247. The standard InChI is InChI=1S/C21H12NS.C9H16O2.Ir/c1-2-6-15-13-16(10-9-14(15)5-1)20-21-18(11-12-22-20)17-7-3-4-8-19(17)23-21;1-6(2)8(10)5-9(11)7(3)4;/h1-12H;5-7,10H,1-4H3;/q-1;;/b;8-5-;. The van der Waals surface area contributed by atoms with Gasteiger partial charge in [-0.15, -0.1) is 41.0 Å². The smallest absolute Gasteiger partial charge is 0.161 e. The van der Waals surface area contributed by atoms with Crippen LogP contribution in [-0.4, -0.2) is 15.9 Å². The molecule has 5 rings (SSSR count). The average Bonchev–Trinajstić information content (AvgIpc) is 3.23. The van der Waals surface area contributed by atoms with E-state index in [2.05, 4.69) is 77.8 Å². The maximum Gasteiger partial charge on any atom is 0.161 e. The molecule has 3 aromatic carbocycles. The number of ketones is 1. The molecule has 1 N–H and O–H groups in total. The van der Waals surface area contributed by atoms with Crippen molar-refractivity contribution in [3.05, 3.63) is 90.8 Å². The van der Waals surface area contributed by atoms with Gasteiger partial charge in [-0.25, -0.2) is 0 Å². The molecule has 0 aliphatic carbocycles. The molecule has 0 unspecified atom stereocenters. The van der Waals surface area contributed by atoms with Crippen molar-refractivity contribution in [2.45, 2.75) is 27.7 Å². The molecule has 2 aromatic heterocycles. The Labute approximate surface area is 223 Å². The summed E-state index contributed by atoms with van der Waals surface area (Å²) in [5.74, 6) is 0.161. The average molecular weight is 659 g/mol. The summed E-state index contributed by atoms with van der Waals surface area (Å²) in [5, 5.41) is 14.1. The fourth-order valence-electron chi connectivity index (χ4n) is 3.58. The number of thiophene rings is 1. The second-order valence-corrected chi connectivity index (χ2v) is 9.93. The van der Waals surface area contributed by atoms with Gasteiger partial charge in [-0.05, 0) is 22.9 Å². The summed E-state index contributed by atoms with van der Waals surface area (Å²) in [6, 6.07) is 26.8. The van der Waals surface area contributed by atoms with Crippen molar-refractivity contribution in [1.82, 2.24) is 4.98 Å². The normalized spacial score (nSPS) is 11.5. The van der Waals surface area contributed by atoms with Crippen molar-refractivity contribution >= 4 is 48.1 Å². The zero-order valence-electron chi connectivity index (χ0n) is 20.2. The van der Waals surface area contributed by atoms with Gasteiger partial charge in [-0.1, -0.05) is 75.0 Å². The Morgan fingerprint density at radius 2 is 1.63 bits per heavy atom. The van der Waals surface area contributed by atoms with E-state index in [-0.39, 0.29) is 43.5 Å². The van der Waals surface area contributed by atoms with Gasteiger partial charge in [0.1, 0.15) is 0 Å². The quantitative estimate of drug-likeness (QED) is 0.120. The molecule has 181 valence electrons. The van der Waals surface area contributed by atoms with Crippen LogP contribution >= 0.6 is 11.3 Å². The van der Waals surface area contributed by atoms with Gasteiger partial charge in [0.25, 0.3) is 0 Å². The van der Waals surface area contributed by atoms with Crippen LogP contribution in [0.2, 0.25) is 0 Å². The van der Waals surface area contributed by atoms with Gasteiger partial charge in [-0.2, -0.15) is 0 Å². The van der Waals surface area contributed by atoms with Crippen LogP contribution in [0.5, 0.6) is 0 Å². The minimum Gasteiger partial charge on any atom is -0.512 e. The Hall–Kier alpha value is -2.85. The van der Waals surface area contributed by atoms with Crippen molar-refractivity contribution in [3.8, 4) is 11.3 Å². The number of pyridine rings is 1. The first kappa shape index (κ1) is 26.7. The minimum absolute atomic E-state index is 0. The first-order valence-electron chi connectivity index (χ1n) is 11.5. The van der Waals surface area contributed by atoms with Gasteiger partial charge < -0.3 is 5.11 Å². The van der Waals surface area contributed by atoms with Crippen LogP contribution in [0.1, 0.15) is 27.7 Å². The first-order chi connectivity index (χ1) is 16.3. The van der Waals surface area contributed by atoms with Crippen LogP contribution < -0.4 is 0 Å². The van der Waals surface area contributed by atoms with Crippen LogP contribution in [0.4, 0.5) is 0 Å². The van der Waals surface area contributed by atoms with E-state index in [1.54, 1.807) is 11.3 Å². The van der Waals surface area contributed by atoms with Crippen molar-refractivity contribution in [2.75, 3.05) is 0 Å². The molecule has 0 aliphatic heterocycles. The monoisotopic (exact) mass is 659 g/mol. The third-order valence-corrected chi connectivity index (χ3v) is 6.85. The molecule has 5 heteroatoms. The van der Waals surface area contributed by atoms with Crippen LogP contribution in [0.15, 0.2) is 84.8 Å². The Bertz CT molecular complexity index is 1500. The maximum atomic E-state index is 11.0. The molecule has 0 fully saturated rings. The summed E-state index contributed by atoms with van der Waals surface area (Å²) >= 11 is 1.81. The van der Waals surface area contributed by atoms with E-state index in [4.69, 9.17) is 0 Å².